The van der Waals surface area contributed by atoms with Crippen molar-refractivity contribution in [3.05, 3.63) is 72.3 Å². The van der Waals surface area contributed by atoms with Gasteiger partial charge in [-0.05, 0) is 55.6 Å². The van der Waals surface area contributed by atoms with E-state index in [4.69, 9.17) is 9.47 Å². The number of benzene rings is 3. The number of carbonyl (C=O) groups excluding carboxylic acids is 3. The van der Waals surface area contributed by atoms with Gasteiger partial charge in [0.15, 0.2) is 5.75 Å². The van der Waals surface area contributed by atoms with Crippen molar-refractivity contribution in [1.29, 1.82) is 0 Å². The van der Waals surface area contributed by atoms with Crippen molar-refractivity contribution < 1.29 is 23.9 Å². The highest BCUT2D eigenvalue weighted by Gasteiger charge is 2.15. The number of nitrogens with zero attached hydrogens (tertiary/aromatic N) is 1. The normalized spacial score (nSPS) is 10.4. The summed E-state index contributed by atoms with van der Waals surface area (Å²) in [6.07, 6.45) is 0.532. The summed E-state index contributed by atoms with van der Waals surface area (Å²) in [7, 11) is 1.46. The first kappa shape index (κ1) is 28.0. The summed E-state index contributed by atoms with van der Waals surface area (Å²) in [6.45, 7) is 7.25. The van der Waals surface area contributed by atoms with Gasteiger partial charge in [0, 0.05) is 30.5 Å². The average molecular weight is 520 g/mol. The van der Waals surface area contributed by atoms with Crippen LogP contribution in [0.15, 0.2) is 66.7 Å². The molecule has 10 heteroatoms. The van der Waals surface area contributed by atoms with E-state index in [0.29, 0.717) is 52.8 Å². The number of hydrogen-bond acceptors (Lipinski definition) is 6. The Morgan fingerprint density at radius 2 is 1.58 bits per heavy atom. The van der Waals surface area contributed by atoms with E-state index in [1.54, 1.807) is 48.5 Å². The number of likely N-dealkylation sites (N-methyl/N-ethyl adjacent to an activating group) is 1. The molecule has 0 saturated carbocycles. The van der Waals surface area contributed by atoms with E-state index in [0.717, 1.165) is 19.6 Å². The number of urea groups is 1. The van der Waals surface area contributed by atoms with Crippen molar-refractivity contribution in [2.24, 2.45) is 0 Å². The zero-order valence-corrected chi connectivity index (χ0v) is 21.7. The Morgan fingerprint density at radius 1 is 0.895 bits per heavy atom. The third kappa shape index (κ3) is 7.97. The summed E-state index contributed by atoms with van der Waals surface area (Å²) in [4.78, 5) is 38.6. The second-order valence-corrected chi connectivity index (χ2v) is 8.17. The Morgan fingerprint density at radius 3 is 2.24 bits per heavy atom. The fraction of sp³-hybridized carbons (Fsp3) is 0.250. The summed E-state index contributed by atoms with van der Waals surface area (Å²) in [6, 6.07) is 18.3. The predicted molar refractivity (Wildman–Crippen MR) is 148 cm³/mol. The standard InChI is InChI=1S/C28H33N5O5/c1-4-33(5-2)16-15-29-27(35)23-13-11-21(18-26(23)37-3)32-28(36)31-20-12-14-25(24(17-20)30-19-34)38-22-9-7-6-8-10-22/h6-14,17-19H,4-5,15-16H2,1-3H3,(H,29,35)(H,30,34)(H2,31,32,36). The number of amides is 4. The van der Waals surface area contributed by atoms with E-state index in [1.165, 1.54) is 7.11 Å². The first-order chi connectivity index (χ1) is 18.5. The molecule has 0 unspecified atom stereocenters. The molecule has 3 aromatic carbocycles. The highest BCUT2D eigenvalue weighted by Crippen LogP contribution is 2.32. The molecule has 0 aliphatic rings. The van der Waals surface area contributed by atoms with Crippen molar-refractivity contribution in [3.63, 3.8) is 0 Å². The van der Waals surface area contributed by atoms with Gasteiger partial charge in [-0.2, -0.15) is 0 Å². The van der Waals surface area contributed by atoms with E-state index in [2.05, 4.69) is 40.0 Å². The van der Waals surface area contributed by atoms with Gasteiger partial charge in [0.1, 0.15) is 11.5 Å². The van der Waals surface area contributed by atoms with Crippen LogP contribution in [0, 0.1) is 0 Å². The van der Waals surface area contributed by atoms with Crippen LogP contribution in [0.3, 0.4) is 0 Å². The summed E-state index contributed by atoms with van der Waals surface area (Å²) < 4.78 is 11.2. The molecule has 0 fully saturated rings. The molecular weight excluding hydrogens is 486 g/mol. The second-order valence-electron chi connectivity index (χ2n) is 8.17. The van der Waals surface area contributed by atoms with E-state index in [9.17, 15) is 14.4 Å². The van der Waals surface area contributed by atoms with Crippen molar-refractivity contribution in [3.8, 4) is 17.2 Å². The molecule has 0 saturated heterocycles. The molecule has 0 spiro atoms. The molecule has 3 aromatic rings. The molecule has 10 nitrogen and oxygen atoms in total. The van der Waals surface area contributed by atoms with E-state index in [1.807, 2.05) is 18.2 Å². The quantitative estimate of drug-likeness (QED) is 0.241. The fourth-order valence-electron chi connectivity index (χ4n) is 3.70. The molecular formula is C28H33N5O5. The molecule has 3 rings (SSSR count). The topological polar surface area (TPSA) is 121 Å². The fourth-order valence-corrected chi connectivity index (χ4v) is 3.70. The summed E-state index contributed by atoms with van der Waals surface area (Å²) in [5.41, 5.74) is 1.63. The maximum atomic E-state index is 12.6. The summed E-state index contributed by atoms with van der Waals surface area (Å²) in [5, 5.41) is 10.9. The Labute approximate surface area is 222 Å². The van der Waals surface area contributed by atoms with Gasteiger partial charge in [0.05, 0.1) is 18.4 Å². The smallest absolute Gasteiger partial charge is 0.323 e. The minimum absolute atomic E-state index is 0.252. The van der Waals surface area contributed by atoms with Gasteiger partial charge in [0.2, 0.25) is 6.41 Å². The van der Waals surface area contributed by atoms with E-state index >= 15 is 0 Å². The van der Waals surface area contributed by atoms with Crippen LogP contribution in [0.4, 0.5) is 21.9 Å². The van der Waals surface area contributed by atoms with Gasteiger partial charge in [-0.15, -0.1) is 0 Å². The molecule has 0 aliphatic heterocycles. The van der Waals surface area contributed by atoms with Gasteiger partial charge in [-0.3, -0.25) is 9.59 Å². The van der Waals surface area contributed by atoms with Gasteiger partial charge >= 0.3 is 6.03 Å². The molecule has 0 aliphatic carbocycles. The molecule has 0 heterocycles. The maximum Gasteiger partial charge on any atom is 0.323 e. The highest BCUT2D eigenvalue weighted by molar-refractivity contribution is 6.02. The number of hydrogen-bond donors (Lipinski definition) is 4. The molecule has 0 bridgehead atoms. The van der Waals surface area contributed by atoms with Crippen molar-refractivity contribution >= 4 is 35.4 Å². The number of anilines is 3. The Bertz CT molecular complexity index is 1230. The third-order valence-corrected chi connectivity index (χ3v) is 5.73. The van der Waals surface area contributed by atoms with Crippen LogP contribution in [0.2, 0.25) is 0 Å². The van der Waals surface area contributed by atoms with Crippen LogP contribution < -0.4 is 30.7 Å². The van der Waals surface area contributed by atoms with Crippen LogP contribution in [0.5, 0.6) is 17.2 Å². The van der Waals surface area contributed by atoms with Crippen molar-refractivity contribution in [2.45, 2.75) is 13.8 Å². The molecule has 4 amide bonds. The lowest BCUT2D eigenvalue weighted by molar-refractivity contribution is -0.105. The SMILES string of the molecule is CCN(CC)CCNC(=O)c1ccc(NC(=O)Nc2ccc(Oc3ccccc3)c(NC=O)c2)cc1OC. The largest absolute Gasteiger partial charge is 0.496 e. The molecule has 4 N–H and O–H groups in total. The van der Waals surface area contributed by atoms with E-state index < -0.39 is 6.03 Å². The van der Waals surface area contributed by atoms with Gasteiger partial charge in [-0.25, -0.2) is 4.79 Å². The third-order valence-electron chi connectivity index (χ3n) is 5.73. The molecule has 200 valence electrons. The Kier molecular flexibility index (Phi) is 10.5. The zero-order valence-electron chi connectivity index (χ0n) is 21.7. The lowest BCUT2D eigenvalue weighted by atomic mass is 10.1. The van der Waals surface area contributed by atoms with Crippen LogP contribution in [0.25, 0.3) is 0 Å². The van der Waals surface area contributed by atoms with Crippen LogP contribution >= 0.6 is 0 Å². The summed E-state index contributed by atoms with van der Waals surface area (Å²) >= 11 is 0. The Balaban J connectivity index is 1.63. The predicted octanol–water partition coefficient (Wildman–Crippen LogP) is 4.77. The molecule has 0 aromatic heterocycles. The molecule has 38 heavy (non-hydrogen) atoms. The molecule has 0 atom stereocenters. The first-order valence-electron chi connectivity index (χ1n) is 12.3. The number of para-hydroxylation sites is 1. The number of nitrogens with one attached hydrogen (secondary N) is 4. The second kappa shape index (κ2) is 14.2. The highest BCUT2D eigenvalue weighted by atomic mass is 16.5. The zero-order chi connectivity index (χ0) is 27.3. The van der Waals surface area contributed by atoms with Crippen LogP contribution in [-0.2, 0) is 4.79 Å². The average Bonchev–Trinajstić information content (AvgIpc) is 2.93. The van der Waals surface area contributed by atoms with Gasteiger partial charge in [0.25, 0.3) is 5.91 Å². The number of rotatable bonds is 13. The molecule has 0 radical (unpaired) electrons. The minimum atomic E-state index is -0.516. The lowest BCUT2D eigenvalue weighted by Gasteiger charge is -2.18. The monoisotopic (exact) mass is 519 g/mol. The first-order valence-corrected chi connectivity index (χ1v) is 12.3. The Hall–Kier alpha value is -4.57. The minimum Gasteiger partial charge on any atom is -0.496 e. The van der Waals surface area contributed by atoms with Crippen molar-refractivity contribution in [1.82, 2.24) is 10.2 Å². The van der Waals surface area contributed by atoms with Crippen LogP contribution in [-0.4, -0.2) is 56.5 Å². The van der Waals surface area contributed by atoms with Gasteiger partial charge in [-0.1, -0.05) is 32.0 Å². The number of methoxy groups -OCH3 is 1. The number of carbonyl (C=O) groups is 3. The van der Waals surface area contributed by atoms with E-state index in [-0.39, 0.29) is 5.91 Å². The maximum absolute atomic E-state index is 12.6. The van der Waals surface area contributed by atoms with Crippen molar-refractivity contribution in [2.75, 3.05) is 49.2 Å². The number of ether oxygens (including phenoxy) is 2. The summed E-state index contributed by atoms with van der Waals surface area (Å²) in [5.74, 6) is 1.11. The lowest BCUT2D eigenvalue weighted by Crippen LogP contribution is -2.34. The van der Waals surface area contributed by atoms with Crippen LogP contribution in [0.1, 0.15) is 24.2 Å². The van der Waals surface area contributed by atoms with Gasteiger partial charge < -0.3 is 35.6 Å².